The van der Waals surface area contributed by atoms with Crippen LogP contribution in [-0.2, 0) is 0 Å². The molecule has 0 aliphatic heterocycles. The second-order valence-electron chi connectivity index (χ2n) is 6.64. The van der Waals surface area contributed by atoms with Crippen LogP contribution in [0.3, 0.4) is 0 Å². The fraction of sp³-hybridized carbons (Fsp3) is 0.647. The maximum absolute atomic E-state index is 13.8. The number of rotatable bonds is 4. The minimum atomic E-state index is -0.445. The van der Waals surface area contributed by atoms with Crippen LogP contribution in [-0.4, -0.2) is 12.2 Å². The summed E-state index contributed by atoms with van der Waals surface area (Å²) in [6, 6.07) is 2.86. The monoisotopic (exact) mass is 295 g/mol. The summed E-state index contributed by atoms with van der Waals surface area (Å²) in [5.41, 5.74) is 6.22. The third-order valence-electron chi connectivity index (χ3n) is 3.86. The maximum Gasteiger partial charge on any atom is 0.167 e. The minimum absolute atomic E-state index is 0.0919. The highest BCUT2D eigenvalue weighted by molar-refractivity contribution is 5.56. The van der Waals surface area contributed by atoms with Gasteiger partial charge in [0.1, 0.15) is 5.75 Å². The molecule has 4 heteroatoms. The molecule has 1 saturated carbocycles. The van der Waals surface area contributed by atoms with Gasteiger partial charge in [-0.25, -0.2) is 4.39 Å². The van der Waals surface area contributed by atoms with Crippen LogP contribution in [0.2, 0.25) is 0 Å². The molecular weight excluding hydrogens is 269 g/mol. The highest BCUT2D eigenvalue weighted by atomic mass is 19.1. The number of ether oxygens (including phenoxy) is 2. The van der Waals surface area contributed by atoms with E-state index >= 15 is 0 Å². The van der Waals surface area contributed by atoms with Crippen molar-refractivity contribution in [3.05, 3.63) is 17.9 Å². The fourth-order valence-corrected chi connectivity index (χ4v) is 3.15. The Bertz CT molecular complexity index is 480. The van der Waals surface area contributed by atoms with Gasteiger partial charge in [0.2, 0.25) is 0 Å². The van der Waals surface area contributed by atoms with E-state index in [2.05, 4.69) is 13.8 Å². The second kappa shape index (κ2) is 6.54. The average Bonchev–Trinajstić information content (AvgIpc) is 2.33. The van der Waals surface area contributed by atoms with Gasteiger partial charge in [-0.2, -0.15) is 0 Å². The standard InChI is InChI=1S/C17H26FNO2/c1-10(2)20-16-9-17(15(19)8-14(16)18)21-13-6-11(3)5-12(4)7-13/h8-13H,5-7,19H2,1-4H3. The van der Waals surface area contributed by atoms with E-state index in [4.69, 9.17) is 15.2 Å². The molecule has 2 unspecified atom stereocenters. The number of nitrogen functional groups attached to an aromatic ring is 1. The summed E-state index contributed by atoms with van der Waals surface area (Å²) in [7, 11) is 0. The number of hydrogen-bond acceptors (Lipinski definition) is 3. The Labute approximate surface area is 126 Å². The van der Waals surface area contributed by atoms with Gasteiger partial charge in [0.15, 0.2) is 11.6 Å². The van der Waals surface area contributed by atoms with Gasteiger partial charge >= 0.3 is 0 Å². The third kappa shape index (κ3) is 4.26. The zero-order valence-electron chi connectivity index (χ0n) is 13.4. The Kier molecular flexibility index (Phi) is 4.96. The lowest BCUT2D eigenvalue weighted by molar-refractivity contribution is 0.101. The number of benzene rings is 1. The largest absolute Gasteiger partial charge is 0.488 e. The Morgan fingerprint density at radius 2 is 1.71 bits per heavy atom. The summed E-state index contributed by atoms with van der Waals surface area (Å²) in [5, 5.41) is 0. The molecule has 3 nitrogen and oxygen atoms in total. The van der Waals surface area contributed by atoms with Crippen LogP contribution in [0, 0.1) is 17.7 Å². The zero-order chi connectivity index (χ0) is 15.6. The second-order valence-corrected chi connectivity index (χ2v) is 6.64. The van der Waals surface area contributed by atoms with Crippen LogP contribution in [0.5, 0.6) is 11.5 Å². The molecule has 2 atom stereocenters. The zero-order valence-corrected chi connectivity index (χ0v) is 13.4. The molecular formula is C17H26FNO2. The predicted octanol–water partition coefficient (Wildman–Crippen LogP) is 4.40. The van der Waals surface area contributed by atoms with E-state index < -0.39 is 5.82 Å². The number of hydrogen-bond donors (Lipinski definition) is 1. The molecule has 0 saturated heterocycles. The van der Waals surface area contributed by atoms with Crippen LogP contribution >= 0.6 is 0 Å². The number of halogens is 1. The van der Waals surface area contributed by atoms with Gasteiger partial charge < -0.3 is 15.2 Å². The lowest BCUT2D eigenvalue weighted by atomic mass is 9.82. The molecule has 1 aliphatic carbocycles. The highest BCUT2D eigenvalue weighted by Crippen LogP contribution is 2.35. The van der Waals surface area contributed by atoms with Crippen molar-refractivity contribution in [2.24, 2.45) is 11.8 Å². The van der Waals surface area contributed by atoms with Crippen LogP contribution in [0.25, 0.3) is 0 Å². The summed E-state index contributed by atoms with van der Waals surface area (Å²) in [4.78, 5) is 0. The molecule has 2 N–H and O–H groups in total. The van der Waals surface area contributed by atoms with Crippen molar-refractivity contribution >= 4 is 5.69 Å². The van der Waals surface area contributed by atoms with Crippen LogP contribution < -0.4 is 15.2 Å². The molecule has 21 heavy (non-hydrogen) atoms. The molecule has 1 aromatic rings. The summed E-state index contributed by atoms with van der Waals surface area (Å²) in [6.07, 6.45) is 3.32. The first-order chi connectivity index (χ1) is 9.85. The third-order valence-corrected chi connectivity index (χ3v) is 3.86. The molecule has 118 valence electrons. The summed E-state index contributed by atoms with van der Waals surface area (Å²) in [5.74, 6) is 1.57. The maximum atomic E-state index is 13.8. The van der Waals surface area contributed by atoms with Crippen molar-refractivity contribution in [2.45, 2.75) is 59.2 Å². The Hall–Kier alpha value is -1.45. The number of nitrogens with two attached hydrogens (primary N) is 1. The van der Waals surface area contributed by atoms with Crippen molar-refractivity contribution in [1.29, 1.82) is 0 Å². The van der Waals surface area contributed by atoms with E-state index in [9.17, 15) is 4.39 Å². The average molecular weight is 295 g/mol. The van der Waals surface area contributed by atoms with E-state index in [-0.39, 0.29) is 18.0 Å². The number of anilines is 1. The van der Waals surface area contributed by atoms with Crippen LogP contribution in [0.4, 0.5) is 10.1 Å². The lowest BCUT2D eigenvalue weighted by Crippen LogP contribution is -2.28. The van der Waals surface area contributed by atoms with E-state index in [1.807, 2.05) is 13.8 Å². The molecule has 0 bridgehead atoms. The minimum Gasteiger partial charge on any atom is -0.488 e. The molecule has 0 aromatic heterocycles. The Morgan fingerprint density at radius 1 is 1.10 bits per heavy atom. The van der Waals surface area contributed by atoms with E-state index in [1.54, 1.807) is 6.07 Å². The molecule has 0 heterocycles. The van der Waals surface area contributed by atoms with Crippen LogP contribution in [0.15, 0.2) is 12.1 Å². The Morgan fingerprint density at radius 3 is 2.29 bits per heavy atom. The fourth-order valence-electron chi connectivity index (χ4n) is 3.15. The molecule has 0 spiro atoms. The molecule has 0 amide bonds. The summed E-state index contributed by atoms with van der Waals surface area (Å²) in [6.45, 7) is 8.21. The van der Waals surface area contributed by atoms with Gasteiger partial charge in [-0.05, 0) is 44.9 Å². The van der Waals surface area contributed by atoms with E-state index in [0.717, 1.165) is 12.8 Å². The predicted molar refractivity (Wildman–Crippen MR) is 83.2 cm³/mol. The Balaban J connectivity index is 2.15. The van der Waals surface area contributed by atoms with Gasteiger partial charge in [0.05, 0.1) is 17.9 Å². The van der Waals surface area contributed by atoms with Crippen molar-refractivity contribution in [3.63, 3.8) is 0 Å². The smallest absolute Gasteiger partial charge is 0.167 e. The normalized spacial score (nSPS) is 25.9. The lowest BCUT2D eigenvalue weighted by Gasteiger charge is -2.32. The summed E-state index contributed by atoms with van der Waals surface area (Å²) >= 11 is 0. The first-order valence-electron chi connectivity index (χ1n) is 7.77. The highest BCUT2D eigenvalue weighted by Gasteiger charge is 2.26. The topological polar surface area (TPSA) is 44.5 Å². The molecule has 1 aromatic carbocycles. The van der Waals surface area contributed by atoms with Crippen molar-refractivity contribution in [3.8, 4) is 11.5 Å². The van der Waals surface area contributed by atoms with E-state index in [1.165, 1.54) is 12.5 Å². The van der Waals surface area contributed by atoms with Gasteiger partial charge in [-0.3, -0.25) is 0 Å². The molecule has 1 aliphatic rings. The first-order valence-corrected chi connectivity index (χ1v) is 7.77. The van der Waals surface area contributed by atoms with Gasteiger partial charge in [0, 0.05) is 12.1 Å². The van der Waals surface area contributed by atoms with Gasteiger partial charge in [-0.15, -0.1) is 0 Å². The first kappa shape index (κ1) is 15.9. The van der Waals surface area contributed by atoms with Crippen LogP contribution in [0.1, 0.15) is 47.0 Å². The molecule has 2 rings (SSSR count). The van der Waals surface area contributed by atoms with Crippen molar-refractivity contribution in [2.75, 3.05) is 5.73 Å². The molecule has 0 radical (unpaired) electrons. The SMILES string of the molecule is CC1CC(C)CC(Oc2cc(OC(C)C)c(F)cc2N)C1. The van der Waals surface area contributed by atoms with Crippen molar-refractivity contribution < 1.29 is 13.9 Å². The summed E-state index contributed by atoms with van der Waals surface area (Å²) < 4.78 is 25.3. The van der Waals surface area contributed by atoms with Gasteiger partial charge in [-0.1, -0.05) is 13.8 Å². The van der Waals surface area contributed by atoms with E-state index in [0.29, 0.717) is 23.3 Å². The van der Waals surface area contributed by atoms with Crippen molar-refractivity contribution in [1.82, 2.24) is 0 Å². The quantitative estimate of drug-likeness (QED) is 0.837. The van der Waals surface area contributed by atoms with Gasteiger partial charge in [0.25, 0.3) is 0 Å². The molecule has 1 fully saturated rings.